The van der Waals surface area contributed by atoms with E-state index in [1.54, 1.807) is 4.68 Å². The van der Waals surface area contributed by atoms with Crippen LogP contribution < -0.4 is 5.32 Å². The van der Waals surface area contributed by atoms with Crippen molar-refractivity contribution in [2.75, 3.05) is 0 Å². The third-order valence-corrected chi connectivity index (χ3v) is 2.96. The van der Waals surface area contributed by atoms with Gasteiger partial charge in [0, 0.05) is 30.9 Å². The summed E-state index contributed by atoms with van der Waals surface area (Å²) >= 11 is 6.13. The molecule has 0 aliphatic heterocycles. The van der Waals surface area contributed by atoms with E-state index in [0.717, 1.165) is 16.3 Å². The molecule has 0 aliphatic carbocycles. The van der Waals surface area contributed by atoms with Gasteiger partial charge in [0.2, 0.25) is 0 Å². The van der Waals surface area contributed by atoms with Crippen LogP contribution in [0.2, 0.25) is 5.02 Å². The van der Waals surface area contributed by atoms with Crippen LogP contribution >= 0.6 is 11.6 Å². The second kappa shape index (κ2) is 5.29. The summed E-state index contributed by atoms with van der Waals surface area (Å²) in [6.07, 6.45) is 1.90. The van der Waals surface area contributed by atoms with Crippen molar-refractivity contribution in [3.8, 4) is 0 Å². The number of halogens is 1. The predicted molar refractivity (Wildman–Crippen MR) is 67.7 cm³/mol. The van der Waals surface area contributed by atoms with E-state index in [-0.39, 0.29) is 6.04 Å². The van der Waals surface area contributed by atoms with Gasteiger partial charge in [0.05, 0.1) is 5.69 Å². The van der Waals surface area contributed by atoms with Crippen molar-refractivity contribution < 1.29 is 0 Å². The van der Waals surface area contributed by atoms with Gasteiger partial charge in [-0.3, -0.25) is 4.68 Å². The number of hydrogen-bond acceptors (Lipinski definition) is 3. The van der Waals surface area contributed by atoms with Crippen LogP contribution in [0.3, 0.4) is 0 Å². The maximum Gasteiger partial charge on any atom is 0.0964 e. The number of benzene rings is 1. The van der Waals surface area contributed by atoms with Crippen molar-refractivity contribution in [1.82, 2.24) is 20.3 Å². The highest BCUT2D eigenvalue weighted by Crippen LogP contribution is 2.22. The van der Waals surface area contributed by atoms with Crippen LogP contribution in [-0.2, 0) is 13.6 Å². The van der Waals surface area contributed by atoms with E-state index in [1.807, 2.05) is 37.5 Å². The first-order valence-electron chi connectivity index (χ1n) is 5.50. The van der Waals surface area contributed by atoms with E-state index < -0.39 is 0 Å². The summed E-state index contributed by atoms with van der Waals surface area (Å²) < 4.78 is 1.69. The third-order valence-electron chi connectivity index (χ3n) is 2.61. The van der Waals surface area contributed by atoms with Gasteiger partial charge in [-0.1, -0.05) is 35.0 Å². The molecular weight excluding hydrogens is 236 g/mol. The van der Waals surface area contributed by atoms with Gasteiger partial charge >= 0.3 is 0 Å². The molecule has 17 heavy (non-hydrogen) atoms. The zero-order valence-electron chi connectivity index (χ0n) is 9.89. The Hall–Kier alpha value is -1.39. The molecule has 5 heteroatoms. The minimum Gasteiger partial charge on any atom is -0.304 e. The molecule has 1 aromatic carbocycles. The maximum atomic E-state index is 6.13. The molecule has 0 unspecified atom stereocenters. The summed E-state index contributed by atoms with van der Waals surface area (Å²) in [5.74, 6) is 0. The normalized spacial score (nSPS) is 12.6. The van der Waals surface area contributed by atoms with Crippen molar-refractivity contribution in [2.24, 2.45) is 7.05 Å². The third kappa shape index (κ3) is 3.05. The fourth-order valence-corrected chi connectivity index (χ4v) is 1.97. The molecule has 0 spiro atoms. The van der Waals surface area contributed by atoms with Gasteiger partial charge < -0.3 is 5.32 Å². The minimum absolute atomic E-state index is 0.186. The van der Waals surface area contributed by atoms with Crippen LogP contribution in [0.25, 0.3) is 0 Å². The van der Waals surface area contributed by atoms with Crippen LogP contribution in [0.15, 0.2) is 30.5 Å². The monoisotopic (exact) mass is 250 g/mol. The van der Waals surface area contributed by atoms with Crippen LogP contribution in [0, 0.1) is 0 Å². The lowest BCUT2D eigenvalue weighted by atomic mass is 10.1. The average molecular weight is 251 g/mol. The highest BCUT2D eigenvalue weighted by atomic mass is 35.5. The molecule has 0 aliphatic rings. The second-order valence-electron chi connectivity index (χ2n) is 4.01. The van der Waals surface area contributed by atoms with Gasteiger partial charge in [0.25, 0.3) is 0 Å². The van der Waals surface area contributed by atoms with E-state index >= 15 is 0 Å². The Kier molecular flexibility index (Phi) is 3.76. The fourth-order valence-electron chi connectivity index (χ4n) is 1.67. The number of hydrogen-bond donors (Lipinski definition) is 1. The lowest BCUT2D eigenvalue weighted by Gasteiger charge is -2.14. The Bertz CT molecular complexity index is 495. The number of aryl methyl sites for hydroxylation is 1. The zero-order valence-corrected chi connectivity index (χ0v) is 10.6. The van der Waals surface area contributed by atoms with Crippen molar-refractivity contribution in [1.29, 1.82) is 0 Å². The van der Waals surface area contributed by atoms with Crippen LogP contribution in [0.5, 0.6) is 0 Å². The highest BCUT2D eigenvalue weighted by Gasteiger charge is 2.09. The minimum atomic E-state index is 0.186. The van der Waals surface area contributed by atoms with Gasteiger partial charge in [-0.05, 0) is 18.6 Å². The van der Waals surface area contributed by atoms with Crippen molar-refractivity contribution in [2.45, 2.75) is 19.5 Å². The summed E-state index contributed by atoms with van der Waals surface area (Å²) in [5, 5.41) is 12.1. The van der Waals surface area contributed by atoms with E-state index in [9.17, 15) is 0 Å². The maximum absolute atomic E-state index is 6.13. The van der Waals surface area contributed by atoms with Crippen LogP contribution in [0.4, 0.5) is 0 Å². The molecule has 0 bridgehead atoms. The summed E-state index contributed by atoms with van der Waals surface area (Å²) in [6, 6.07) is 8.03. The van der Waals surface area contributed by atoms with Crippen molar-refractivity contribution in [3.05, 3.63) is 46.7 Å². The molecule has 2 aromatic rings. The molecule has 0 radical (unpaired) electrons. The Labute approximate surface area is 106 Å². The summed E-state index contributed by atoms with van der Waals surface area (Å²) in [5.41, 5.74) is 2.02. The molecule has 90 valence electrons. The zero-order chi connectivity index (χ0) is 12.3. The lowest BCUT2D eigenvalue weighted by Crippen LogP contribution is -2.18. The molecule has 4 nitrogen and oxygen atoms in total. The summed E-state index contributed by atoms with van der Waals surface area (Å²) in [6.45, 7) is 2.76. The number of nitrogens with zero attached hydrogens (tertiary/aromatic N) is 3. The first-order chi connectivity index (χ1) is 8.16. The topological polar surface area (TPSA) is 42.7 Å². The van der Waals surface area contributed by atoms with Gasteiger partial charge in [-0.15, -0.1) is 5.10 Å². The molecule has 1 heterocycles. The molecule has 0 amide bonds. The average Bonchev–Trinajstić information content (AvgIpc) is 2.73. The standard InChI is InChI=1S/C12H15ClN4/c1-9(11-5-3-4-6-12(11)13)14-7-10-8-17(2)16-15-10/h3-6,8-9,14H,7H2,1-2H3/t9-/m0/s1. The Morgan fingerprint density at radius 1 is 1.41 bits per heavy atom. The Balaban J connectivity index is 1.98. The van der Waals surface area contributed by atoms with Gasteiger partial charge in [0.15, 0.2) is 0 Å². The molecule has 0 saturated carbocycles. The first kappa shape index (κ1) is 12.1. The molecule has 1 aromatic heterocycles. The second-order valence-corrected chi connectivity index (χ2v) is 4.41. The SMILES string of the molecule is C[C@H](NCc1cn(C)nn1)c1ccccc1Cl. The van der Waals surface area contributed by atoms with E-state index in [0.29, 0.717) is 6.54 Å². The van der Waals surface area contributed by atoms with Crippen molar-refractivity contribution in [3.63, 3.8) is 0 Å². The lowest BCUT2D eigenvalue weighted by molar-refractivity contribution is 0.567. The predicted octanol–water partition coefficient (Wildman–Crippen LogP) is 2.32. The molecule has 1 N–H and O–H groups in total. The quantitative estimate of drug-likeness (QED) is 0.906. The first-order valence-corrected chi connectivity index (χ1v) is 5.87. The summed E-state index contributed by atoms with van der Waals surface area (Å²) in [7, 11) is 1.86. The van der Waals surface area contributed by atoms with E-state index in [4.69, 9.17) is 11.6 Å². The largest absolute Gasteiger partial charge is 0.304 e. The number of nitrogens with one attached hydrogen (secondary N) is 1. The number of aromatic nitrogens is 3. The Morgan fingerprint density at radius 3 is 2.82 bits per heavy atom. The van der Waals surface area contributed by atoms with Gasteiger partial charge in [0.1, 0.15) is 0 Å². The van der Waals surface area contributed by atoms with E-state index in [1.165, 1.54) is 0 Å². The van der Waals surface area contributed by atoms with Crippen molar-refractivity contribution >= 4 is 11.6 Å². The van der Waals surface area contributed by atoms with Crippen LogP contribution in [0.1, 0.15) is 24.2 Å². The smallest absolute Gasteiger partial charge is 0.0964 e. The molecular formula is C12H15ClN4. The van der Waals surface area contributed by atoms with E-state index in [2.05, 4.69) is 22.6 Å². The Morgan fingerprint density at radius 2 is 2.18 bits per heavy atom. The van der Waals surface area contributed by atoms with Gasteiger partial charge in [-0.25, -0.2) is 0 Å². The molecule has 2 rings (SSSR count). The van der Waals surface area contributed by atoms with Crippen LogP contribution in [-0.4, -0.2) is 15.0 Å². The number of rotatable bonds is 4. The molecule has 0 fully saturated rings. The van der Waals surface area contributed by atoms with Gasteiger partial charge in [-0.2, -0.15) is 0 Å². The molecule has 0 saturated heterocycles. The summed E-state index contributed by atoms with van der Waals surface area (Å²) in [4.78, 5) is 0. The highest BCUT2D eigenvalue weighted by molar-refractivity contribution is 6.31. The fraction of sp³-hybridized carbons (Fsp3) is 0.333. The molecule has 1 atom stereocenters.